The molecular formula is C3H10OZr. The summed E-state index contributed by atoms with van der Waals surface area (Å²) in [5.41, 5.74) is 0. The van der Waals surface area contributed by atoms with Crippen molar-refractivity contribution in [2.75, 3.05) is 0 Å². The largest absolute Gasteiger partial charge is 4.00 e. The normalized spacial score (nSPS) is 0. The molecule has 1 nitrogen and oxygen atoms in total. The van der Waals surface area contributed by atoms with E-state index in [1.807, 2.05) is 0 Å². The SMILES string of the molecule is [CH3-].[CH3-].[CH3-].[OH-].[Zr+4]. The third-order valence-corrected chi connectivity index (χ3v) is 0. The van der Waals surface area contributed by atoms with Gasteiger partial charge in [0.25, 0.3) is 0 Å². The van der Waals surface area contributed by atoms with Gasteiger partial charge in [0.1, 0.15) is 0 Å². The van der Waals surface area contributed by atoms with Crippen LogP contribution in [0, 0.1) is 22.3 Å². The van der Waals surface area contributed by atoms with Gasteiger partial charge in [-0.15, -0.1) is 0 Å². The molecule has 0 spiro atoms. The molecule has 0 radical (unpaired) electrons. The van der Waals surface area contributed by atoms with E-state index in [0.717, 1.165) is 0 Å². The van der Waals surface area contributed by atoms with Crippen LogP contribution in [0.5, 0.6) is 0 Å². The molecule has 32 valence electrons. The predicted molar refractivity (Wildman–Crippen MR) is 21.2 cm³/mol. The summed E-state index contributed by atoms with van der Waals surface area (Å²) in [7, 11) is 0. The molecule has 0 rings (SSSR count). The Morgan fingerprint density at radius 2 is 0.600 bits per heavy atom. The Bertz CT molecular complexity index is 6.85. The van der Waals surface area contributed by atoms with Crippen molar-refractivity contribution >= 4 is 0 Å². The zero-order valence-electron chi connectivity index (χ0n) is 3.95. The van der Waals surface area contributed by atoms with Gasteiger partial charge in [-0.1, -0.05) is 0 Å². The first-order chi connectivity index (χ1) is 0. The van der Waals surface area contributed by atoms with Crippen molar-refractivity contribution in [1.29, 1.82) is 0 Å². The van der Waals surface area contributed by atoms with Gasteiger partial charge in [0.15, 0.2) is 0 Å². The Balaban J connectivity index is 0. The molecule has 2 heteroatoms. The third kappa shape index (κ3) is 55.1. The minimum atomic E-state index is 0. The average Bonchev–Trinajstić information content (AvgIpc) is 0. The van der Waals surface area contributed by atoms with Gasteiger partial charge in [-0.25, -0.2) is 0 Å². The van der Waals surface area contributed by atoms with Gasteiger partial charge in [0.2, 0.25) is 0 Å². The number of hydrogen-bond acceptors (Lipinski definition) is 1. The van der Waals surface area contributed by atoms with Crippen LogP contribution in [0.2, 0.25) is 0 Å². The molecule has 0 saturated heterocycles. The third-order valence-electron chi connectivity index (χ3n) is 0. The van der Waals surface area contributed by atoms with E-state index in [-0.39, 0.29) is 54.0 Å². The van der Waals surface area contributed by atoms with Crippen molar-refractivity contribution in [3.63, 3.8) is 0 Å². The van der Waals surface area contributed by atoms with E-state index in [4.69, 9.17) is 0 Å². The first kappa shape index (κ1) is 193. The number of rotatable bonds is 0. The van der Waals surface area contributed by atoms with Crippen molar-refractivity contribution in [3.05, 3.63) is 22.3 Å². The smallest absolute Gasteiger partial charge is 0.870 e. The zero-order valence-corrected chi connectivity index (χ0v) is 6.41. The van der Waals surface area contributed by atoms with Gasteiger partial charge in [0, 0.05) is 0 Å². The van der Waals surface area contributed by atoms with Crippen LogP contribution in [-0.2, 0) is 26.2 Å². The summed E-state index contributed by atoms with van der Waals surface area (Å²) < 4.78 is 0. The predicted octanol–water partition coefficient (Wildman–Crippen LogP) is 1.17. The summed E-state index contributed by atoms with van der Waals surface area (Å²) >= 11 is 0. The molecule has 0 bridgehead atoms. The molecular weight excluding hydrogens is 143 g/mol. The second kappa shape index (κ2) is 101. The van der Waals surface area contributed by atoms with Crippen LogP contribution in [0.1, 0.15) is 0 Å². The van der Waals surface area contributed by atoms with E-state index in [2.05, 4.69) is 0 Å². The zero-order chi connectivity index (χ0) is 0. The van der Waals surface area contributed by atoms with Gasteiger partial charge in [-0.3, -0.25) is 0 Å². The van der Waals surface area contributed by atoms with Crippen molar-refractivity contribution < 1.29 is 31.7 Å². The van der Waals surface area contributed by atoms with Crippen LogP contribution in [0.4, 0.5) is 0 Å². The molecule has 0 atom stereocenters. The Kier molecular flexibility index (Phi) is 3880. The van der Waals surface area contributed by atoms with E-state index >= 15 is 0 Å². The van der Waals surface area contributed by atoms with Crippen molar-refractivity contribution in [2.45, 2.75) is 0 Å². The van der Waals surface area contributed by atoms with Crippen LogP contribution >= 0.6 is 0 Å². The van der Waals surface area contributed by atoms with E-state index in [1.54, 1.807) is 0 Å². The maximum atomic E-state index is 0. The molecule has 0 aliphatic carbocycles. The first-order valence-corrected chi connectivity index (χ1v) is 0. The molecule has 0 fully saturated rings. The summed E-state index contributed by atoms with van der Waals surface area (Å²) in [6, 6.07) is 0. The number of hydrogen-bond donors (Lipinski definition) is 0. The minimum Gasteiger partial charge on any atom is -0.870 e. The molecule has 0 aliphatic heterocycles. The van der Waals surface area contributed by atoms with Crippen LogP contribution in [0.15, 0.2) is 0 Å². The Morgan fingerprint density at radius 1 is 0.600 bits per heavy atom. The maximum Gasteiger partial charge on any atom is 4.00 e. The molecule has 0 heterocycles. The fourth-order valence-electron chi connectivity index (χ4n) is 0. The summed E-state index contributed by atoms with van der Waals surface area (Å²) in [4.78, 5) is 0. The minimum absolute atomic E-state index is 0. The summed E-state index contributed by atoms with van der Waals surface area (Å²) in [6.07, 6.45) is 0. The second-order valence-electron chi connectivity index (χ2n) is 0. The molecule has 0 saturated carbocycles. The van der Waals surface area contributed by atoms with E-state index in [0.29, 0.717) is 0 Å². The van der Waals surface area contributed by atoms with E-state index in [9.17, 15) is 0 Å². The Hall–Kier alpha value is 0.843. The van der Waals surface area contributed by atoms with Crippen molar-refractivity contribution in [1.82, 2.24) is 0 Å². The monoisotopic (exact) mass is 152 g/mol. The van der Waals surface area contributed by atoms with Crippen LogP contribution < -0.4 is 0 Å². The van der Waals surface area contributed by atoms with Gasteiger partial charge in [0.05, 0.1) is 0 Å². The standard InChI is InChI=1S/3CH3.H2O.Zr/h3*1H3;1H2;/q3*-1;;+4/p-1. The molecule has 0 aromatic heterocycles. The molecule has 0 amide bonds. The van der Waals surface area contributed by atoms with E-state index < -0.39 is 0 Å². The Labute approximate surface area is 54.2 Å². The molecule has 1 N–H and O–H groups in total. The topological polar surface area (TPSA) is 30.0 Å². The van der Waals surface area contributed by atoms with Gasteiger partial charge in [-0.2, -0.15) is 0 Å². The summed E-state index contributed by atoms with van der Waals surface area (Å²) in [5.74, 6) is 0. The second-order valence-corrected chi connectivity index (χ2v) is 0. The fraction of sp³-hybridized carbons (Fsp3) is 0. The summed E-state index contributed by atoms with van der Waals surface area (Å²) in [6.45, 7) is 0. The van der Waals surface area contributed by atoms with E-state index in [1.165, 1.54) is 0 Å². The Morgan fingerprint density at radius 3 is 0.600 bits per heavy atom. The fourth-order valence-corrected chi connectivity index (χ4v) is 0. The maximum absolute atomic E-state index is 0. The van der Waals surface area contributed by atoms with Crippen molar-refractivity contribution in [2.24, 2.45) is 0 Å². The first-order valence-electron chi connectivity index (χ1n) is 0. The van der Waals surface area contributed by atoms with Crippen LogP contribution in [0.3, 0.4) is 0 Å². The molecule has 0 aliphatic rings. The van der Waals surface area contributed by atoms with Gasteiger partial charge >= 0.3 is 26.2 Å². The van der Waals surface area contributed by atoms with Crippen LogP contribution in [-0.4, -0.2) is 5.48 Å². The van der Waals surface area contributed by atoms with Crippen LogP contribution in [0.25, 0.3) is 0 Å². The molecule has 0 aromatic rings. The summed E-state index contributed by atoms with van der Waals surface area (Å²) in [5, 5.41) is 0. The molecule has 0 aromatic carbocycles. The van der Waals surface area contributed by atoms with Gasteiger partial charge in [-0.05, 0) is 0 Å². The quantitative estimate of drug-likeness (QED) is 0.480. The average molecular weight is 153 g/mol. The molecule has 5 heavy (non-hydrogen) atoms. The van der Waals surface area contributed by atoms with Gasteiger partial charge < -0.3 is 27.8 Å². The molecule has 0 unspecified atom stereocenters. The van der Waals surface area contributed by atoms with Crippen molar-refractivity contribution in [3.8, 4) is 0 Å².